The van der Waals surface area contributed by atoms with Gasteiger partial charge >= 0.3 is 0 Å². The van der Waals surface area contributed by atoms with Gasteiger partial charge in [0.15, 0.2) is 0 Å². The van der Waals surface area contributed by atoms with E-state index in [1.54, 1.807) is 12.3 Å². The van der Waals surface area contributed by atoms with Crippen LogP contribution in [0, 0.1) is 5.92 Å². The van der Waals surface area contributed by atoms with Crippen LogP contribution in [0.15, 0.2) is 16.7 Å². The lowest BCUT2D eigenvalue weighted by Gasteiger charge is -2.18. The number of alkyl halides is 2. The van der Waals surface area contributed by atoms with Crippen LogP contribution in [0.5, 0.6) is 0 Å². The second-order valence-electron chi connectivity index (χ2n) is 3.79. The summed E-state index contributed by atoms with van der Waals surface area (Å²) in [5, 5.41) is 0.490. The van der Waals surface area contributed by atoms with Crippen molar-refractivity contribution in [3.63, 3.8) is 0 Å². The largest absolute Gasteiger partial charge is 0.355 e. The SMILES string of the molecule is FC(F)C1CCN(c2ncc(Br)cc2Cl)C1. The third-order valence-electron chi connectivity index (χ3n) is 2.67. The topological polar surface area (TPSA) is 16.1 Å². The quantitative estimate of drug-likeness (QED) is 0.830. The lowest BCUT2D eigenvalue weighted by atomic mass is 10.1. The number of pyridine rings is 1. The minimum Gasteiger partial charge on any atom is -0.355 e. The summed E-state index contributed by atoms with van der Waals surface area (Å²) in [7, 11) is 0. The van der Waals surface area contributed by atoms with E-state index in [0.717, 1.165) is 4.47 Å². The van der Waals surface area contributed by atoms with E-state index in [0.29, 0.717) is 30.4 Å². The maximum atomic E-state index is 12.5. The van der Waals surface area contributed by atoms with Crippen LogP contribution < -0.4 is 4.90 Å². The molecule has 0 bridgehead atoms. The van der Waals surface area contributed by atoms with Gasteiger partial charge in [0.25, 0.3) is 0 Å². The van der Waals surface area contributed by atoms with Gasteiger partial charge in [-0.2, -0.15) is 0 Å². The first-order valence-corrected chi connectivity index (χ1v) is 6.09. The molecule has 16 heavy (non-hydrogen) atoms. The van der Waals surface area contributed by atoms with Crippen molar-refractivity contribution in [2.75, 3.05) is 18.0 Å². The Hall–Kier alpha value is -0.420. The number of nitrogens with zero attached hydrogens (tertiary/aromatic N) is 2. The van der Waals surface area contributed by atoms with Crippen LogP contribution in [0.4, 0.5) is 14.6 Å². The molecule has 2 nitrogen and oxygen atoms in total. The Morgan fingerprint density at radius 2 is 2.31 bits per heavy atom. The van der Waals surface area contributed by atoms with Crippen LogP contribution in [0.1, 0.15) is 6.42 Å². The van der Waals surface area contributed by atoms with Gasteiger partial charge in [0, 0.05) is 29.7 Å². The molecule has 0 saturated carbocycles. The Balaban J connectivity index is 2.14. The molecule has 0 spiro atoms. The second-order valence-corrected chi connectivity index (χ2v) is 5.11. The Bertz CT molecular complexity index is 389. The normalized spacial score (nSPS) is 20.8. The summed E-state index contributed by atoms with van der Waals surface area (Å²) in [6.07, 6.45) is -0.151. The first kappa shape index (κ1) is 12.0. The molecular weight excluding hydrogens is 301 g/mol. The summed E-state index contributed by atoms with van der Waals surface area (Å²) in [5.74, 6) is 0.0227. The Kier molecular flexibility index (Phi) is 3.64. The second kappa shape index (κ2) is 4.84. The maximum absolute atomic E-state index is 12.5. The fraction of sp³-hybridized carbons (Fsp3) is 0.500. The first-order valence-electron chi connectivity index (χ1n) is 4.92. The number of anilines is 1. The van der Waals surface area contributed by atoms with Crippen molar-refractivity contribution in [2.45, 2.75) is 12.8 Å². The number of halogens is 4. The van der Waals surface area contributed by atoms with E-state index in [2.05, 4.69) is 20.9 Å². The Morgan fingerprint density at radius 3 is 2.88 bits per heavy atom. The standard InChI is InChI=1S/C10H10BrClF2N2/c11-7-3-8(12)10(15-4-7)16-2-1-6(5-16)9(13)14/h3-4,6,9H,1-2,5H2. The Labute approximate surface area is 106 Å². The smallest absolute Gasteiger partial charge is 0.243 e. The lowest BCUT2D eigenvalue weighted by Crippen LogP contribution is -2.23. The van der Waals surface area contributed by atoms with E-state index in [4.69, 9.17) is 11.6 Å². The lowest BCUT2D eigenvalue weighted by molar-refractivity contribution is 0.0880. The predicted octanol–water partition coefficient (Wildman–Crippen LogP) is 3.59. The van der Waals surface area contributed by atoms with Crippen molar-refractivity contribution in [1.29, 1.82) is 0 Å². The van der Waals surface area contributed by atoms with Gasteiger partial charge in [-0.15, -0.1) is 0 Å². The molecule has 1 aromatic heterocycles. The molecule has 1 aromatic rings. The van der Waals surface area contributed by atoms with Gasteiger partial charge < -0.3 is 4.90 Å². The zero-order valence-electron chi connectivity index (χ0n) is 8.34. The van der Waals surface area contributed by atoms with E-state index in [1.807, 2.05) is 4.90 Å². The van der Waals surface area contributed by atoms with Crippen molar-refractivity contribution in [1.82, 2.24) is 4.98 Å². The fourth-order valence-corrected chi connectivity index (χ4v) is 2.57. The number of rotatable bonds is 2. The van der Waals surface area contributed by atoms with E-state index in [9.17, 15) is 8.78 Å². The van der Waals surface area contributed by atoms with E-state index >= 15 is 0 Å². The molecule has 0 radical (unpaired) electrons. The maximum Gasteiger partial charge on any atom is 0.243 e. The molecule has 0 amide bonds. The average Bonchev–Trinajstić information content (AvgIpc) is 2.66. The van der Waals surface area contributed by atoms with Crippen LogP contribution in [-0.2, 0) is 0 Å². The van der Waals surface area contributed by atoms with Gasteiger partial charge in [0.2, 0.25) is 6.43 Å². The zero-order valence-corrected chi connectivity index (χ0v) is 10.7. The van der Waals surface area contributed by atoms with Crippen molar-refractivity contribution in [2.24, 2.45) is 5.92 Å². The molecule has 1 fully saturated rings. The van der Waals surface area contributed by atoms with Gasteiger partial charge in [-0.05, 0) is 28.4 Å². The highest BCUT2D eigenvalue weighted by Crippen LogP contribution is 2.31. The Morgan fingerprint density at radius 1 is 1.56 bits per heavy atom. The molecular formula is C10H10BrClF2N2. The van der Waals surface area contributed by atoms with Crippen LogP contribution in [0.3, 0.4) is 0 Å². The van der Waals surface area contributed by atoms with Crippen LogP contribution in [0.2, 0.25) is 5.02 Å². The van der Waals surface area contributed by atoms with Gasteiger partial charge in [-0.1, -0.05) is 11.6 Å². The van der Waals surface area contributed by atoms with Gasteiger partial charge in [0.05, 0.1) is 5.02 Å². The fourth-order valence-electron chi connectivity index (χ4n) is 1.83. The van der Waals surface area contributed by atoms with Crippen LogP contribution in [-0.4, -0.2) is 24.5 Å². The first-order chi connectivity index (χ1) is 7.58. The molecule has 1 aliphatic rings. The average molecular weight is 312 g/mol. The molecule has 1 saturated heterocycles. The van der Waals surface area contributed by atoms with E-state index in [1.165, 1.54) is 0 Å². The van der Waals surface area contributed by atoms with E-state index < -0.39 is 12.3 Å². The third-order valence-corrected chi connectivity index (χ3v) is 3.38. The van der Waals surface area contributed by atoms with Gasteiger partial charge in [-0.25, -0.2) is 13.8 Å². The van der Waals surface area contributed by atoms with Crippen LogP contribution >= 0.6 is 27.5 Å². The molecule has 2 heterocycles. The van der Waals surface area contributed by atoms with Crippen molar-refractivity contribution < 1.29 is 8.78 Å². The molecule has 0 aliphatic carbocycles. The monoisotopic (exact) mass is 310 g/mol. The molecule has 6 heteroatoms. The minimum absolute atomic E-state index is 0.325. The van der Waals surface area contributed by atoms with Crippen molar-refractivity contribution in [3.8, 4) is 0 Å². The summed E-state index contributed by atoms with van der Waals surface area (Å²) < 4.78 is 25.8. The molecule has 1 unspecified atom stereocenters. The molecule has 0 N–H and O–H groups in total. The molecule has 0 aromatic carbocycles. The predicted molar refractivity (Wildman–Crippen MR) is 63.3 cm³/mol. The molecule has 1 aliphatic heterocycles. The highest BCUT2D eigenvalue weighted by Gasteiger charge is 2.30. The summed E-state index contributed by atoms with van der Waals surface area (Å²) in [6.45, 7) is 0.912. The van der Waals surface area contributed by atoms with E-state index in [-0.39, 0.29) is 0 Å². The molecule has 88 valence electrons. The summed E-state index contributed by atoms with van der Waals surface area (Å²) in [4.78, 5) is 5.97. The highest BCUT2D eigenvalue weighted by molar-refractivity contribution is 9.10. The molecule has 1 atom stereocenters. The number of aromatic nitrogens is 1. The van der Waals surface area contributed by atoms with Gasteiger partial charge in [0.1, 0.15) is 5.82 Å². The third kappa shape index (κ3) is 2.46. The zero-order chi connectivity index (χ0) is 11.7. The minimum atomic E-state index is -2.26. The summed E-state index contributed by atoms with van der Waals surface area (Å²) in [5.41, 5.74) is 0. The van der Waals surface area contributed by atoms with Crippen LogP contribution in [0.25, 0.3) is 0 Å². The number of hydrogen-bond donors (Lipinski definition) is 0. The van der Waals surface area contributed by atoms with Crippen molar-refractivity contribution >= 4 is 33.3 Å². The highest BCUT2D eigenvalue weighted by atomic mass is 79.9. The van der Waals surface area contributed by atoms with Crippen molar-refractivity contribution in [3.05, 3.63) is 21.8 Å². The summed E-state index contributed by atoms with van der Waals surface area (Å²) in [6, 6.07) is 1.72. The molecule has 2 rings (SSSR count). The van der Waals surface area contributed by atoms with Gasteiger partial charge in [-0.3, -0.25) is 0 Å². The number of hydrogen-bond acceptors (Lipinski definition) is 2. The summed E-state index contributed by atoms with van der Waals surface area (Å²) >= 11 is 9.27.